The van der Waals surface area contributed by atoms with E-state index in [1.54, 1.807) is 50.2 Å². The van der Waals surface area contributed by atoms with Crippen LogP contribution >= 0.6 is 0 Å². The molecule has 2 aliphatic carbocycles. The average Bonchev–Trinajstić information content (AvgIpc) is 1.96. The fourth-order valence-corrected chi connectivity index (χ4v) is 11.5. The van der Waals surface area contributed by atoms with Gasteiger partial charge in [-0.05, 0) is 76.8 Å². The Kier molecular flexibility index (Phi) is 15.8. The molecule has 7 N–H and O–H groups in total. The van der Waals surface area contributed by atoms with E-state index in [-0.39, 0.29) is 75.2 Å². The molecule has 2 aliphatic heterocycles. The maximum absolute atomic E-state index is 15.4. The van der Waals surface area contributed by atoms with Gasteiger partial charge in [0, 0.05) is 34.9 Å². The SMILES string of the molecule is CC[C@@]1(O)C(=O)OCc2c1cc1n(c2=O)Cc2c-1nc1cc(F)c(C)c3c1c2[C@@H](NC(=O)c1cn(CCOCNC(=O)CNC(=O)[C@H](Cc2ccccc2)NC(=O)CNC(=O)CNC(=O)OCC2c4ccccc4-c4ccccc42)nn1)CC3. The van der Waals surface area contributed by atoms with Crippen molar-refractivity contribution in [3.63, 3.8) is 0 Å². The van der Waals surface area contributed by atoms with Crippen LogP contribution in [-0.4, -0.2) is 117 Å². The molecule has 4 aromatic carbocycles. The van der Waals surface area contributed by atoms with E-state index in [4.69, 9.17) is 19.2 Å². The fourth-order valence-electron chi connectivity index (χ4n) is 11.5. The molecule has 0 unspecified atom stereocenters. The molecule has 24 heteroatoms. The molecule has 0 spiro atoms. The topological polar surface area (TPSA) is 305 Å². The molecule has 0 saturated carbocycles. The number of cyclic esters (lactones) is 1. The van der Waals surface area contributed by atoms with Crippen LogP contribution in [-0.2, 0) is 76.3 Å². The molecule has 84 heavy (non-hydrogen) atoms. The summed E-state index contributed by atoms with van der Waals surface area (Å²) in [5.74, 6) is -4.67. The van der Waals surface area contributed by atoms with Crippen LogP contribution < -0.4 is 37.5 Å². The molecule has 3 atom stereocenters. The molecular formula is C60H58FN11O12. The highest BCUT2D eigenvalue weighted by molar-refractivity contribution is 5.97. The van der Waals surface area contributed by atoms with Gasteiger partial charge in [0.2, 0.25) is 23.6 Å². The van der Waals surface area contributed by atoms with Crippen LogP contribution in [0.15, 0.2) is 102 Å². The number of hydrogen-bond donors (Lipinski definition) is 7. The minimum absolute atomic E-state index is 0.00935. The lowest BCUT2D eigenvalue weighted by atomic mass is 9.81. The summed E-state index contributed by atoms with van der Waals surface area (Å²) in [6, 6.07) is 25.8. The first-order chi connectivity index (χ1) is 40.6. The van der Waals surface area contributed by atoms with Crippen LogP contribution in [0.4, 0.5) is 9.18 Å². The number of alkyl carbamates (subject to hydrolysis) is 1. The normalized spacial score (nSPS) is 16.4. The van der Waals surface area contributed by atoms with Crippen LogP contribution in [0.1, 0.15) is 92.3 Å². The highest BCUT2D eigenvalue weighted by Crippen LogP contribution is 2.47. The molecule has 5 heterocycles. The van der Waals surface area contributed by atoms with Gasteiger partial charge in [-0.15, -0.1) is 5.10 Å². The Labute approximate surface area is 478 Å². The summed E-state index contributed by atoms with van der Waals surface area (Å²) in [4.78, 5) is 110. The highest BCUT2D eigenvalue weighted by Gasteiger charge is 2.46. The van der Waals surface area contributed by atoms with E-state index in [0.717, 1.165) is 27.8 Å². The van der Waals surface area contributed by atoms with Crippen LogP contribution in [0.2, 0.25) is 0 Å². The Balaban J connectivity index is 0.637. The second kappa shape index (κ2) is 23.7. The highest BCUT2D eigenvalue weighted by atomic mass is 19.1. The second-order valence-electron chi connectivity index (χ2n) is 20.9. The maximum atomic E-state index is 15.4. The molecule has 4 aliphatic rings. The van der Waals surface area contributed by atoms with E-state index < -0.39 is 90.3 Å². The smallest absolute Gasteiger partial charge is 0.407 e. The lowest BCUT2D eigenvalue weighted by Crippen LogP contribution is -2.52. The zero-order valence-electron chi connectivity index (χ0n) is 45.7. The molecule has 3 aromatic heterocycles. The molecule has 432 valence electrons. The number of ether oxygens (including phenoxy) is 3. The number of carbonyl (C=O) groups excluding carboxylic acids is 7. The van der Waals surface area contributed by atoms with Crippen molar-refractivity contribution in [2.45, 2.75) is 82.8 Å². The summed E-state index contributed by atoms with van der Waals surface area (Å²) in [5, 5.41) is 35.8. The van der Waals surface area contributed by atoms with Crippen LogP contribution in [0, 0.1) is 12.7 Å². The summed E-state index contributed by atoms with van der Waals surface area (Å²) in [6.45, 7) is 1.57. The van der Waals surface area contributed by atoms with Gasteiger partial charge in [-0.25, -0.2) is 23.6 Å². The van der Waals surface area contributed by atoms with E-state index in [1.165, 1.54) is 21.5 Å². The minimum atomic E-state index is -2.04. The van der Waals surface area contributed by atoms with Gasteiger partial charge in [-0.1, -0.05) is 91.0 Å². The Bertz CT molecular complexity index is 3840. The first-order valence-corrected chi connectivity index (χ1v) is 27.4. The van der Waals surface area contributed by atoms with Gasteiger partial charge in [0.1, 0.15) is 38.3 Å². The Morgan fingerprint density at radius 2 is 1.56 bits per heavy atom. The van der Waals surface area contributed by atoms with E-state index in [2.05, 4.69) is 42.2 Å². The first-order valence-electron chi connectivity index (χ1n) is 27.4. The third-order valence-electron chi connectivity index (χ3n) is 15.8. The number of pyridine rings is 2. The van der Waals surface area contributed by atoms with Gasteiger partial charge in [0.15, 0.2) is 11.3 Å². The van der Waals surface area contributed by atoms with E-state index in [1.807, 2.05) is 48.5 Å². The van der Waals surface area contributed by atoms with Gasteiger partial charge >= 0.3 is 12.1 Å². The van der Waals surface area contributed by atoms with Crippen LogP contribution in [0.5, 0.6) is 0 Å². The van der Waals surface area contributed by atoms with E-state index >= 15 is 4.39 Å². The molecule has 0 fully saturated rings. The third-order valence-corrected chi connectivity index (χ3v) is 15.8. The number of amides is 6. The zero-order valence-corrected chi connectivity index (χ0v) is 45.7. The number of benzene rings is 4. The predicted molar refractivity (Wildman–Crippen MR) is 298 cm³/mol. The van der Waals surface area contributed by atoms with Crippen molar-refractivity contribution in [3.05, 3.63) is 169 Å². The molecule has 11 rings (SSSR count). The molecule has 0 bridgehead atoms. The summed E-state index contributed by atoms with van der Waals surface area (Å²) in [5.41, 5.74) is 6.26. The van der Waals surface area contributed by atoms with Crippen LogP contribution in [0.25, 0.3) is 33.4 Å². The van der Waals surface area contributed by atoms with Crippen molar-refractivity contribution in [1.82, 2.24) is 56.4 Å². The second-order valence-corrected chi connectivity index (χ2v) is 20.9. The number of aromatic nitrogens is 5. The quantitative estimate of drug-likeness (QED) is 0.0328. The lowest BCUT2D eigenvalue weighted by molar-refractivity contribution is -0.172. The average molecular weight is 1140 g/mol. The van der Waals surface area contributed by atoms with Crippen molar-refractivity contribution >= 4 is 52.5 Å². The number of hydrogen-bond acceptors (Lipinski definition) is 15. The Hall–Kier alpha value is -9.68. The van der Waals surface area contributed by atoms with Gasteiger partial charge in [-0.3, -0.25) is 28.8 Å². The standard InChI is InChI=1S/C60H58FN11O12/c1-3-60(81)42-22-48-54-39(27-72(48)57(78)41(42)30-83-58(60)79)53-44(18-17-34-32(2)43(61)23-45(67-54)52(34)53)68-56(77)47-28-71(70-69-47)19-20-82-31-65-50(74)24-63-55(76)46(21-33-11-5-4-6-12-33)66-51(75)26-62-49(73)25-64-59(80)84-29-40-37-15-9-7-13-35(37)36-14-8-10-16-38(36)40/h4-16,22-23,28,40,44,46,81H,3,17-21,24-27,29-31H2,1-2H3,(H,62,73)(H,63,76)(H,64,80)(H,65,74)(H,66,75)(H,68,77)/t44-,46-,60-/m0/s1. The lowest BCUT2D eigenvalue weighted by Gasteiger charge is -2.31. The number of aryl methyl sites for hydroxylation is 1. The zero-order chi connectivity index (χ0) is 58.8. The Morgan fingerprint density at radius 1 is 0.857 bits per heavy atom. The number of aliphatic hydroxyl groups is 1. The van der Waals surface area contributed by atoms with Crippen molar-refractivity contribution in [1.29, 1.82) is 0 Å². The van der Waals surface area contributed by atoms with Crippen molar-refractivity contribution in [2.75, 3.05) is 39.6 Å². The van der Waals surface area contributed by atoms with Gasteiger partial charge in [0.05, 0.1) is 67.5 Å². The van der Waals surface area contributed by atoms with Crippen molar-refractivity contribution in [3.8, 4) is 22.5 Å². The number of nitrogens with one attached hydrogen (secondary N) is 6. The summed E-state index contributed by atoms with van der Waals surface area (Å²) in [7, 11) is 0. The Morgan fingerprint density at radius 3 is 2.31 bits per heavy atom. The van der Waals surface area contributed by atoms with Crippen LogP contribution in [0.3, 0.4) is 0 Å². The molecule has 7 aromatic rings. The van der Waals surface area contributed by atoms with Gasteiger partial charge < -0.3 is 55.8 Å². The number of carbonyl (C=O) groups is 7. The molecular weight excluding hydrogens is 1090 g/mol. The number of esters is 1. The molecule has 0 saturated heterocycles. The number of nitrogens with zero attached hydrogens (tertiary/aromatic N) is 5. The van der Waals surface area contributed by atoms with Gasteiger partial charge in [0.25, 0.3) is 11.5 Å². The number of halogens is 1. The number of fused-ring (bicyclic) bond motifs is 8. The minimum Gasteiger partial charge on any atom is -0.458 e. The monoisotopic (exact) mass is 1140 g/mol. The van der Waals surface area contributed by atoms with Crippen molar-refractivity contribution < 1.29 is 57.3 Å². The molecule has 6 amide bonds. The predicted octanol–water partition coefficient (Wildman–Crippen LogP) is 3.12. The van der Waals surface area contributed by atoms with Crippen molar-refractivity contribution in [2.24, 2.45) is 0 Å². The fraction of sp³-hybridized carbons (Fsp3) is 0.317. The first kappa shape index (κ1) is 56.2. The maximum Gasteiger partial charge on any atom is 0.407 e. The molecule has 0 radical (unpaired) electrons. The third kappa shape index (κ3) is 11.1. The molecule has 23 nitrogen and oxygen atoms in total. The number of rotatable bonds is 20. The van der Waals surface area contributed by atoms with Gasteiger partial charge in [-0.2, -0.15) is 0 Å². The van der Waals surface area contributed by atoms with E-state index in [0.29, 0.717) is 57.4 Å². The largest absolute Gasteiger partial charge is 0.458 e. The van der Waals surface area contributed by atoms with E-state index in [9.17, 15) is 43.5 Å². The summed E-state index contributed by atoms with van der Waals surface area (Å²) < 4.78 is 34.6. The summed E-state index contributed by atoms with van der Waals surface area (Å²) in [6.07, 6.45) is 1.45. The summed E-state index contributed by atoms with van der Waals surface area (Å²) >= 11 is 0.